The van der Waals surface area contributed by atoms with Crippen molar-refractivity contribution in [3.8, 4) is 0 Å². The van der Waals surface area contributed by atoms with Gasteiger partial charge in [0.05, 0.1) is 0 Å². The fraction of sp³-hybridized carbons (Fsp3) is 0.900. The highest BCUT2D eigenvalue weighted by Crippen LogP contribution is 2.22. The topological polar surface area (TPSA) is 23.6 Å². The fourth-order valence-electron chi connectivity index (χ4n) is 1.86. The second-order valence-corrected chi connectivity index (χ2v) is 3.78. The molecule has 0 aromatic rings. The van der Waals surface area contributed by atoms with Crippen molar-refractivity contribution in [3.63, 3.8) is 0 Å². The van der Waals surface area contributed by atoms with Crippen LogP contribution in [0.5, 0.6) is 0 Å². The van der Waals surface area contributed by atoms with Crippen molar-refractivity contribution in [1.29, 1.82) is 0 Å². The van der Waals surface area contributed by atoms with Gasteiger partial charge in [0.25, 0.3) is 0 Å². The van der Waals surface area contributed by atoms with Crippen LogP contribution in [0.1, 0.15) is 27.2 Å². The molecule has 2 unspecified atom stereocenters. The third-order valence-corrected chi connectivity index (χ3v) is 3.12. The Hall–Kier alpha value is -0.570. The summed E-state index contributed by atoms with van der Waals surface area (Å²) in [5.74, 6) is 0.285. The highest BCUT2D eigenvalue weighted by Gasteiger charge is 2.39. The standard InChI is InChI=1S/C10H20N2O/c1-5-10(13)12-7-9(8(12)3)11(4)6-2/h8-9H,5-7H2,1-4H3. The third kappa shape index (κ3) is 1.85. The van der Waals surface area contributed by atoms with Gasteiger partial charge < -0.3 is 4.90 Å². The van der Waals surface area contributed by atoms with Crippen LogP contribution in [0.4, 0.5) is 0 Å². The molecular weight excluding hydrogens is 164 g/mol. The summed E-state index contributed by atoms with van der Waals surface area (Å²) in [7, 11) is 2.12. The minimum absolute atomic E-state index is 0.285. The van der Waals surface area contributed by atoms with Gasteiger partial charge in [-0.3, -0.25) is 9.69 Å². The van der Waals surface area contributed by atoms with Crippen LogP contribution in [0.25, 0.3) is 0 Å². The van der Waals surface area contributed by atoms with E-state index in [1.165, 1.54) is 0 Å². The first kappa shape index (κ1) is 10.5. The number of rotatable bonds is 3. The zero-order valence-corrected chi connectivity index (χ0v) is 9.08. The average molecular weight is 184 g/mol. The third-order valence-electron chi connectivity index (χ3n) is 3.12. The van der Waals surface area contributed by atoms with Gasteiger partial charge in [0.1, 0.15) is 0 Å². The second-order valence-electron chi connectivity index (χ2n) is 3.78. The molecule has 76 valence electrons. The van der Waals surface area contributed by atoms with Crippen LogP contribution in [0.3, 0.4) is 0 Å². The van der Waals surface area contributed by atoms with E-state index in [0.717, 1.165) is 13.1 Å². The molecule has 0 bridgehead atoms. The Morgan fingerprint density at radius 3 is 2.54 bits per heavy atom. The lowest BCUT2D eigenvalue weighted by Crippen LogP contribution is -2.66. The van der Waals surface area contributed by atoms with Crippen molar-refractivity contribution in [2.75, 3.05) is 20.1 Å². The molecule has 0 radical (unpaired) electrons. The molecule has 1 aliphatic heterocycles. The highest BCUT2D eigenvalue weighted by molar-refractivity contribution is 5.77. The first-order chi connectivity index (χ1) is 6.11. The predicted molar refractivity (Wildman–Crippen MR) is 53.6 cm³/mol. The lowest BCUT2D eigenvalue weighted by atomic mass is 9.96. The highest BCUT2D eigenvalue weighted by atomic mass is 16.2. The molecule has 0 N–H and O–H groups in total. The van der Waals surface area contributed by atoms with E-state index in [2.05, 4.69) is 25.8 Å². The lowest BCUT2D eigenvalue weighted by Gasteiger charge is -2.50. The maximum Gasteiger partial charge on any atom is 0.222 e. The smallest absolute Gasteiger partial charge is 0.222 e. The summed E-state index contributed by atoms with van der Waals surface area (Å²) < 4.78 is 0. The molecule has 1 saturated heterocycles. The number of hydrogen-bond donors (Lipinski definition) is 0. The first-order valence-electron chi connectivity index (χ1n) is 5.11. The SMILES string of the molecule is CCC(=O)N1CC(N(C)CC)C1C. The Bertz CT molecular complexity index is 193. The van der Waals surface area contributed by atoms with Gasteiger partial charge in [-0.2, -0.15) is 0 Å². The van der Waals surface area contributed by atoms with E-state index in [0.29, 0.717) is 18.5 Å². The van der Waals surface area contributed by atoms with Crippen LogP contribution in [0.15, 0.2) is 0 Å². The number of likely N-dealkylation sites (N-methyl/N-ethyl adjacent to an activating group) is 1. The molecule has 3 nitrogen and oxygen atoms in total. The van der Waals surface area contributed by atoms with Crippen LogP contribution >= 0.6 is 0 Å². The largest absolute Gasteiger partial charge is 0.337 e. The van der Waals surface area contributed by atoms with Crippen LogP contribution in [-0.4, -0.2) is 47.9 Å². The van der Waals surface area contributed by atoms with Gasteiger partial charge in [-0.15, -0.1) is 0 Å². The summed E-state index contributed by atoms with van der Waals surface area (Å²) in [5, 5.41) is 0. The van der Waals surface area contributed by atoms with Crippen LogP contribution in [0.2, 0.25) is 0 Å². The number of hydrogen-bond acceptors (Lipinski definition) is 2. The summed E-state index contributed by atoms with van der Waals surface area (Å²) in [6.07, 6.45) is 0.632. The fourth-order valence-corrected chi connectivity index (χ4v) is 1.86. The van der Waals surface area contributed by atoms with Gasteiger partial charge in [-0.05, 0) is 20.5 Å². The van der Waals surface area contributed by atoms with E-state index in [9.17, 15) is 4.79 Å². The minimum atomic E-state index is 0.285. The van der Waals surface area contributed by atoms with Crippen molar-refractivity contribution >= 4 is 5.91 Å². The number of carbonyl (C=O) groups is 1. The molecule has 1 aliphatic rings. The molecular formula is C10H20N2O. The molecule has 1 heterocycles. The van der Waals surface area contributed by atoms with Gasteiger partial charge in [0.2, 0.25) is 5.91 Å². The van der Waals surface area contributed by atoms with Crippen molar-refractivity contribution in [3.05, 3.63) is 0 Å². The van der Waals surface area contributed by atoms with Crippen molar-refractivity contribution in [1.82, 2.24) is 9.80 Å². The first-order valence-corrected chi connectivity index (χ1v) is 5.11. The van der Waals surface area contributed by atoms with E-state index < -0.39 is 0 Å². The molecule has 0 aliphatic carbocycles. The Morgan fingerprint density at radius 2 is 2.15 bits per heavy atom. The van der Waals surface area contributed by atoms with Gasteiger partial charge in [-0.1, -0.05) is 13.8 Å². The van der Waals surface area contributed by atoms with Crippen LogP contribution in [-0.2, 0) is 4.79 Å². The lowest BCUT2D eigenvalue weighted by molar-refractivity contribution is -0.143. The minimum Gasteiger partial charge on any atom is -0.337 e. The number of amides is 1. The Balaban J connectivity index is 2.42. The molecule has 1 amide bonds. The summed E-state index contributed by atoms with van der Waals surface area (Å²) in [6.45, 7) is 8.18. The molecule has 1 rings (SSSR count). The molecule has 1 fully saturated rings. The average Bonchev–Trinajstić information content (AvgIpc) is 2.14. The number of carbonyl (C=O) groups excluding carboxylic acids is 1. The zero-order valence-electron chi connectivity index (χ0n) is 9.08. The van der Waals surface area contributed by atoms with E-state index in [1.807, 2.05) is 11.8 Å². The van der Waals surface area contributed by atoms with E-state index >= 15 is 0 Å². The molecule has 0 aromatic heterocycles. The van der Waals surface area contributed by atoms with Crippen LogP contribution in [0, 0.1) is 0 Å². The van der Waals surface area contributed by atoms with Gasteiger partial charge in [0, 0.05) is 25.0 Å². The van der Waals surface area contributed by atoms with Crippen molar-refractivity contribution in [2.45, 2.75) is 39.3 Å². The summed E-state index contributed by atoms with van der Waals surface area (Å²) >= 11 is 0. The Morgan fingerprint density at radius 1 is 1.54 bits per heavy atom. The van der Waals surface area contributed by atoms with Gasteiger partial charge >= 0.3 is 0 Å². The van der Waals surface area contributed by atoms with Crippen molar-refractivity contribution in [2.24, 2.45) is 0 Å². The van der Waals surface area contributed by atoms with Crippen LogP contribution < -0.4 is 0 Å². The van der Waals surface area contributed by atoms with Gasteiger partial charge in [-0.25, -0.2) is 0 Å². The second kappa shape index (κ2) is 4.09. The van der Waals surface area contributed by atoms with E-state index in [-0.39, 0.29) is 5.91 Å². The maximum atomic E-state index is 11.4. The van der Waals surface area contributed by atoms with Gasteiger partial charge in [0.15, 0.2) is 0 Å². The number of nitrogens with zero attached hydrogens (tertiary/aromatic N) is 2. The summed E-state index contributed by atoms with van der Waals surface area (Å²) in [6, 6.07) is 0.970. The summed E-state index contributed by atoms with van der Waals surface area (Å²) in [5.41, 5.74) is 0. The monoisotopic (exact) mass is 184 g/mol. The molecule has 0 aromatic carbocycles. The zero-order chi connectivity index (χ0) is 10.0. The number of likely N-dealkylation sites (tertiary alicyclic amines) is 1. The quantitative estimate of drug-likeness (QED) is 0.652. The van der Waals surface area contributed by atoms with Crippen molar-refractivity contribution < 1.29 is 4.79 Å². The molecule has 2 atom stereocenters. The van der Waals surface area contributed by atoms with E-state index in [4.69, 9.17) is 0 Å². The maximum absolute atomic E-state index is 11.4. The molecule has 3 heteroatoms. The normalized spacial score (nSPS) is 27.6. The predicted octanol–water partition coefficient (Wildman–Crippen LogP) is 0.947. The Kier molecular flexibility index (Phi) is 3.31. The Labute approximate surface area is 80.7 Å². The van der Waals surface area contributed by atoms with E-state index in [1.54, 1.807) is 0 Å². The molecule has 0 spiro atoms. The molecule has 13 heavy (non-hydrogen) atoms. The molecule has 0 saturated carbocycles. The summed E-state index contributed by atoms with van der Waals surface area (Å²) in [4.78, 5) is 15.6.